The highest BCUT2D eigenvalue weighted by Gasteiger charge is 2.18. The van der Waals surface area contributed by atoms with Crippen molar-refractivity contribution in [2.24, 2.45) is 0 Å². The molecule has 1 atom stereocenters. The number of thiol groups is 1. The highest BCUT2D eigenvalue weighted by molar-refractivity contribution is 7.80. The zero-order valence-electron chi connectivity index (χ0n) is 14.8. The first-order chi connectivity index (χ1) is 12.7. The second-order valence-corrected chi connectivity index (χ2v) is 6.67. The van der Waals surface area contributed by atoms with Crippen LogP contribution in [0, 0.1) is 0 Å². The van der Waals surface area contributed by atoms with Crippen molar-refractivity contribution in [3.8, 4) is 11.1 Å². The van der Waals surface area contributed by atoms with Crippen LogP contribution < -0.4 is 0 Å². The monoisotopic (exact) mass is 362 g/mol. The summed E-state index contributed by atoms with van der Waals surface area (Å²) in [6.07, 6.45) is 1.48. The van der Waals surface area contributed by atoms with Crippen molar-refractivity contribution in [2.75, 3.05) is 0 Å². The van der Waals surface area contributed by atoms with Gasteiger partial charge in [-0.3, -0.25) is 0 Å². The molecule has 0 bridgehead atoms. The molecule has 132 valence electrons. The summed E-state index contributed by atoms with van der Waals surface area (Å²) >= 11 is 4.45. The third kappa shape index (κ3) is 4.36. The van der Waals surface area contributed by atoms with Gasteiger partial charge in [0, 0.05) is 10.5 Å². The van der Waals surface area contributed by atoms with Crippen molar-refractivity contribution < 1.29 is 9.53 Å². The third-order valence-electron chi connectivity index (χ3n) is 4.31. The normalized spacial score (nSPS) is 11.8. The van der Waals surface area contributed by atoms with E-state index in [9.17, 15) is 4.79 Å². The molecule has 0 aromatic heterocycles. The molecule has 0 heterocycles. The lowest BCUT2D eigenvalue weighted by Crippen LogP contribution is -2.12. The first-order valence-electron chi connectivity index (χ1n) is 8.83. The Kier molecular flexibility index (Phi) is 6.13. The molecule has 4 rings (SSSR count). The summed E-state index contributed by atoms with van der Waals surface area (Å²) in [6, 6.07) is 25.3. The summed E-state index contributed by atoms with van der Waals surface area (Å²) in [6.45, 7) is 2.07. The van der Waals surface area contributed by atoms with E-state index in [1.807, 2.05) is 42.5 Å². The summed E-state index contributed by atoms with van der Waals surface area (Å²) in [5, 5.41) is 0. The average Bonchev–Trinajstić information content (AvgIpc) is 2.66. The van der Waals surface area contributed by atoms with Gasteiger partial charge in [-0.25, -0.2) is 4.79 Å². The second-order valence-electron chi connectivity index (χ2n) is 6.18. The number of carbonyl (C=O) groups excluding carboxylic acids is 1. The van der Waals surface area contributed by atoms with E-state index in [1.165, 1.54) is 11.1 Å². The Labute approximate surface area is 160 Å². The van der Waals surface area contributed by atoms with Gasteiger partial charge in [-0.1, -0.05) is 74.0 Å². The van der Waals surface area contributed by atoms with Gasteiger partial charge in [-0.15, -0.1) is 12.6 Å². The predicted molar refractivity (Wildman–Crippen MR) is 109 cm³/mol. The van der Waals surface area contributed by atoms with Crippen molar-refractivity contribution in [3.05, 3.63) is 90.0 Å². The molecule has 0 spiro atoms. The summed E-state index contributed by atoms with van der Waals surface area (Å²) in [5.74, 6) is -0.291. The molecule has 2 aliphatic rings. The van der Waals surface area contributed by atoms with Crippen LogP contribution in [0.5, 0.6) is 0 Å². The van der Waals surface area contributed by atoms with E-state index in [4.69, 9.17) is 4.74 Å². The van der Waals surface area contributed by atoms with E-state index in [1.54, 1.807) is 12.1 Å². The molecule has 2 aromatic carbocycles. The van der Waals surface area contributed by atoms with Crippen LogP contribution in [0.1, 0.15) is 41.8 Å². The Bertz CT molecular complexity index is 836. The number of carbonyl (C=O) groups is 1. The Balaban J connectivity index is 0.000000269. The Morgan fingerprint density at radius 1 is 0.885 bits per heavy atom. The Morgan fingerprint density at radius 2 is 1.46 bits per heavy atom. The molecule has 0 saturated heterocycles. The maximum absolute atomic E-state index is 12.2. The Morgan fingerprint density at radius 3 is 1.96 bits per heavy atom. The van der Waals surface area contributed by atoms with Gasteiger partial charge in [0.15, 0.2) is 0 Å². The SMILES string of the molecule is CCCC(OC(=O)c1ccccc1)c1ccccc1S.c1cc2ccc1-2. The van der Waals surface area contributed by atoms with Crippen LogP contribution in [0.25, 0.3) is 11.1 Å². The molecule has 2 aliphatic carbocycles. The molecule has 0 amide bonds. The van der Waals surface area contributed by atoms with E-state index in [-0.39, 0.29) is 12.1 Å². The van der Waals surface area contributed by atoms with Gasteiger partial charge < -0.3 is 4.74 Å². The van der Waals surface area contributed by atoms with Gasteiger partial charge in [0.1, 0.15) is 6.10 Å². The van der Waals surface area contributed by atoms with Crippen LogP contribution in [0.15, 0.2) is 83.8 Å². The maximum atomic E-state index is 12.2. The fraction of sp³-hybridized carbons (Fsp3) is 0.174. The highest BCUT2D eigenvalue weighted by atomic mass is 32.1. The fourth-order valence-electron chi connectivity index (χ4n) is 2.73. The number of hydrogen-bond donors (Lipinski definition) is 1. The van der Waals surface area contributed by atoms with Crippen LogP contribution in [0.3, 0.4) is 0 Å². The topological polar surface area (TPSA) is 26.3 Å². The lowest BCUT2D eigenvalue weighted by molar-refractivity contribution is 0.0269. The van der Waals surface area contributed by atoms with Crippen molar-refractivity contribution >= 4 is 18.6 Å². The van der Waals surface area contributed by atoms with E-state index < -0.39 is 0 Å². The van der Waals surface area contributed by atoms with E-state index >= 15 is 0 Å². The van der Waals surface area contributed by atoms with Crippen molar-refractivity contribution in [1.82, 2.24) is 0 Å². The number of esters is 1. The summed E-state index contributed by atoms with van der Waals surface area (Å²) < 4.78 is 5.66. The smallest absolute Gasteiger partial charge is 0.338 e. The third-order valence-corrected chi connectivity index (χ3v) is 4.72. The summed E-state index contributed by atoms with van der Waals surface area (Å²) in [4.78, 5) is 13.0. The van der Waals surface area contributed by atoms with Gasteiger partial charge in [0.25, 0.3) is 0 Å². The zero-order chi connectivity index (χ0) is 18.4. The lowest BCUT2D eigenvalue weighted by atomic mass is 9.95. The molecular formula is C23H22O2S. The highest BCUT2D eigenvalue weighted by Crippen LogP contribution is 2.30. The quantitative estimate of drug-likeness (QED) is 0.331. The number of fused-ring (bicyclic) bond motifs is 1. The average molecular weight is 362 g/mol. The molecular weight excluding hydrogens is 340 g/mol. The number of benzene rings is 3. The molecule has 26 heavy (non-hydrogen) atoms. The molecule has 3 heteroatoms. The minimum atomic E-state index is -0.291. The molecule has 0 N–H and O–H groups in total. The summed E-state index contributed by atoms with van der Waals surface area (Å²) in [7, 11) is 0. The van der Waals surface area contributed by atoms with Gasteiger partial charge >= 0.3 is 5.97 Å². The van der Waals surface area contributed by atoms with E-state index in [0.717, 1.165) is 23.3 Å². The van der Waals surface area contributed by atoms with Crippen LogP contribution in [-0.2, 0) is 4.74 Å². The minimum Gasteiger partial charge on any atom is -0.454 e. The molecule has 1 unspecified atom stereocenters. The maximum Gasteiger partial charge on any atom is 0.338 e. The van der Waals surface area contributed by atoms with Gasteiger partial charge in [0.2, 0.25) is 0 Å². The molecule has 0 saturated carbocycles. The van der Waals surface area contributed by atoms with E-state index in [2.05, 4.69) is 43.8 Å². The largest absolute Gasteiger partial charge is 0.454 e. The van der Waals surface area contributed by atoms with Crippen LogP contribution in [0.2, 0.25) is 0 Å². The predicted octanol–water partition coefficient (Wildman–Crippen LogP) is 6.34. The van der Waals surface area contributed by atoms with Gasteiger partial charge in [0.05, 0.1) is 5.56 Å². The number of ether oxygens (including phenoxy) is 1. The van der Waals surface area contributed by atoms with Crippen LogP contribution >= 0.6 is 12.6 Å². The standard InChI is InChI=1S/C17H18O2S.C6H4/c1-2-8-15(14-11-6-7-12-16(14)20)19-17(18)13-9-4-3-5-10-13;1-2-6-4-3-5(1)6/h3-7,9-12,15,20H,2,8H2,1H3;1-4H. The minimum absolute atomic E-state index is 0.249. The lowest BCUT2D eigenvalue weighted by Gasteiger charge is -2.19. The molecule has 0 radical (unpaired) electrons. The number of hydrogen-bond acceptors (Lipinski definition) is 3. The van der Waals surface area contributed by atoms with Gasteiger partial charge in [-0.2, -0.15) is 0 Å². The Hall–Kier alpha value is -2.52. The van der Waals surface area contributed by atoms with Crippen molar-refractivity contribution in [3.63, 3.8) is 0 Å². The molecule has 0 aliphatic heterocycles. The molecule has 0 fully saturated rings. The van der Waals surface area contributed by atoms with Crippen LogP contribution in [0.4, 0.5) is 0 Å². The molecule has 2 aromatic rings. The van der Waals surface area contributed by atoms with Crippen molar-refractivity contribution in [1.29, 1.82) is 0 Å². The second kappa shape index (κ2) is 8.72. The molecule has 2 nitrogen and oxygen atoms in total. The number of rotatable bonds is 5. The van der Waals surface area contributed by atoms with E-state index in [0.29, 0.717) is 5.56 Å². The first kappa shape index (κ1) is 18.3. The fourth-order valence-corrected chi connectivity index (χ4v) is 3.04. The van der Waals surface area contributed by atoms with Crippen molar-refractivity contribution in [2.45, 2.75) is 30.8 Å². The van der Waals surface area contributed by atoms with Crippen LogP contribution in [-0.4, -0.2) is 5.97 Å². The zero-order valence-corrected chi connectivity index (χ0v) is 15.7. The summed E-state index contributed by atoms with van der Waals surface area (Å²) in [5.41, 5.74) is 4.39. The van der Waals surface area contributed by atoms with Gasteiger partial charge in [-0.05, 0) is 35.7 Å². The first-order valence-corrected chi connectivity index (χ1v) is 9.28.